The Morgan fingerprint density at radius 1 is 1.09 bits per heavy atom. The summed E-state index contributed by atoms with van der Waals surface area (Å²) in [7, 11) is 0.584. The van der Waals surface area contributed by atoms with Crippen LogP contribution in [0.3, 0.4) is 0 Å². The molecular formula is C22H29N9O3S. The Bertz CT molecular complexity index is 1350. The minimum absolute atomic E-state index is 0.106. The molecular weight excluding hydrogens is 470 g/mol. The first-order valence-electron chi connectivity index (χ1n) is 11.2. The van der Waals surface area contributed by atoms with Gasteiger partial charge in [0.15, 0.2) is 5.76 Å². The zero-order chi connectivity index (χ0) is 24.8. The van der Waals surface area contributed by atoms with Crippen LogP contribution in [0.5, 0.6) is 0 Å². The number of fused-ring (bicyclic) bond motifs is 1. The third-order valence-corrected chi connectivity index (χ3v) is 6.54. The largest absolute Gasteiger partial charge is 0.461 e. The Hall–Kier alpha value is -3.71. The highest BCUT2D eigenvalue weighted by Crippen LogP contribution is 2.18. The Morgan fingerprint density at radius 3 is 2.60 bits per heavy atom. The van der Waals surface area contributed by atoms with Crippen molar-refractivity contribution in [3.63, 3.8) is 0 Å². The molecule has 3 aromatic heterocycles. The Morgan fingerprint density at radius 2 is 1.89 bits per heavy atom. The average molecular weight is 500 g/mol. The topological polar surface area (TPSA) is 157 Å². The van der Waals surface area contributed by atoms with Crippen molar-refractivity contribution in [2.24, 2.45) is 0 Å². The molecule has 0 atom stereocenters. The van der Waals surface area contributed by atoms with Crippen LogP contribution in [0.15, 0.2) is 47.1 Å². The fourth-order valence-electron chi connectivity index (χ4n) is 3.40. The second kappa shape index (κ2) is 10.7. The van der Waals surface area contributed by atoms with Gasteiger partial charge in [0, 0.05) is 12.2 Å². The number of anilines is 3. The van der Waals surface area contributed by atoms with Crippen LogP contribution < -0.4 is 15.8 Å². The predicted octanol–water partition coefficient (Wildman–Crippen LogP) is 2.10. The number of rotatable bonds is 12. The van der Waals surface area contributed by atoms with E-state index in [9.17, 15) is 8.42 Å². The standard InChI is InChI=1S/C22H29N9O3S/c1-30(2)13-3-4-15-35(32,33)29-17-9-7-16(8-10-17)11-12-24-21-26-20(23)31-22(27-21)25-19(28-31)18-6-5-14-34-18/h5-10,14,29H,3-4,11-13,15H2,1-2H3,(H3,23,24,25,26,27,28). The van der Waals surface area contributed by atoms with E-state index in [1.807, 2.05) is 31.1 Å². The van der Waals surface area contributed by atoms with Crippen molar-refractivity contribution in [3.8, 4) is 11.6 Å². The molecule has 0 fully saturated rings. The maximum absolute atomic E-state index is 12.3. The number of hydrogen-bond acceptors (Lipinski definition) is 10. The molecule has 0 saturated carbocycles. The van der Waals surface area contributed by atoms with E-state index in [2.05, 4.69) is 30.1 Å². The second-order valence-corrected chi connectivity index (χ2v) is 10.2. The number of nitrogens with two attached hydrogens (primary N) is 1. The highest BCUT2D eigenvalue weighted by atomic mass is 32.2. The van der Waals surface area contributed by atoms with Crippen LogP contribution >= 0.6 is 0 Å². The molecule has 12 nitrogen and oxygen atoms in total. The molecule has 4 aromatic rings. The third-order valence-electron chi connectivity index (χ3n) is 5.17. The van der Waals surface area contributed by atoms with Crippen LogP contribution in [0, 0.1) is 0 Å². The summed E-state index contributed by atoms with van der Waals surface area (Å²) in [5, 5.41) is 7.41. The number of benzene rings is 1. The normalized spacial score (nSPS) is 11.9. The van der Waals surface area contributed by atoms with E-state index >= 15 is 0 Å². The number of unbranched alkanes of at least 4 members (excludes halogenated alkanes) is 1. The van der Waals surface area contributed by atoms with E-state index in [-0.39, 0.29) is 11.7 Å². The maximum atomic E-state index is 12.3. The number of aromatic nitrogens is 5. The van der Waals surface area contributed by atoms with Gasteiger partial charge >= 0.3 is 0 Å². The minimum atomic E-state index is -3.36. The number of nitrogens with one attached hydrogen (secondary N) is 2. The van der Waals surface area contributed by atoms with Gasteiger partial charge in [0.1, 0.15) is 0 Å². The molecule has 0 aliphatic heterocycles. The summed E-state index contributed by atoms with van der Waals surface area (Å²) in [4.78, 5) is 15.0. The van der Waals surface area contributed by atoms with Gasteiger partial charge in [0.25, 0.3) is 5.78 Å². The molecule has 0 radical (unpaired) electrons. The molecule has 0 saturated heterocycles. The van der Waals surface area contributed by atoms with Gasteiger partial charge in [-0.2, -0.15) is 19.5 Å². The van der Waals surface area contributed by atoms with Crippen LogP contribution in [0.2, 0.25) is 0 Å². The minimum Gasteiger partial charge on any atom is -0.461 e. The van der Waals surface area contributed by atoms with Crippen molar-refractivity contribution >= 4 is 33.4 Å². The highest BCUT2D eigenvalue weighted by Gasteiger charge is 2.14. The fraction of sp³-hybridized carbons (Fsp3) is 0.364. The molecule has 0 spiro atoms. The first kappa shape index (κ1) is 24.4. The van der Waals surface area contributed by atoms with Gasteiger partial charge in [-0.25, -0.2) is 8.42 Å². The van der Waals surface area contributed by atoms with Crippen molar-refractivity contribution in [2.75, 3.05) is 48.7 Å². The number of furan rings is 1. The molecule has 0 aliphatic carbocycles. The van der Waals surface area contributed by atoms with E-state index in [1.54, 1.807) is 24.3 Å². The summed E-state index contributed by atoms with van der Waals surface area (Å²) in [5.74, 6) is 1.80. The van der Waals surface area contributed by atoms with Crippen molar-refractivity contribution in [1.29, 1.82) is 0 Å². The molecule has 186 valence electrons. The van der Waals surface area contributed by atoms with Crippen molar-refractivity contribution in [2.45, 2.75) is 19.3 Å². The number of nitrogens with zero attached hydrogens (tertiary/aromatic N) is 6. The summed E-state index contributed by atoms with van der Waals surface area (Å²) in [5.41, 5.74) is 7.59. The number of hydrogen-bond donors (Lipinski definition) is 3. The van der Waals surface area contributed by atoms with Crippen molar-refractivity contribution in [3.05, 3.63) is 48.2 Å². The molecule has 0 aliphatic rings. The number of sulfonamides is 1. The zero-order valence-electron chi connectivity index (χ0n) is 19.7. The summed E-state index contributed by atoms with van der Waals surface area (Å²) in [6.45, 7) is 1.42. The molecule has 4 rings (SSSR count). The zero-order valence-corrected chi connectivity index (χ0v) is 20.5. The average Bonchev–Trinajstić information content (AvgIpc) is 3.48. The SMILES string of the molecule is CN(C)CCCCS(=O)(=O)Nc1ccc(CCNc2nc(N)n3nc(-c4ccco4)nc3n2)cc1. The Kier molecular flexibility index (Phi) is 7.46. The monoisotopic (exact) mass is 499 g/mol. The van der Waals surface area contributed by atoms with Crippen molar-refractivity contribution in [1.82, 2.24) is 29.5 Å². The summed E-state index contributed by atoms with van der Waals surface area (Å²) < 4.78 is 33.8. The van der Waals surface area contributed by atoms with Crippen LogP contribution in [0.4, 0.5) is 17.6 Å². The second-order valence-electron chi connectivity index (χ2n) is 8.33. The first-order chi connectivity index (χ1) is 16.8. The summed E-state index contributed by atoms with van der Waals surface area (Å²) in [6, 6.07) is 10.8. The fourth-order valence-corrected chi connectivity index (χ4v) is 4.58. The Labute approximate surface area is 203 Å². The molecule has 4 N–H and O–H groups in total. The van der Waals surface area contributed by atoms with E-state index in [4.69, 9.17) is 10.2 Å². The van der Waals surface area contributed by atoms with Gasteiger partial charge in [-0.1, -0.05) is 12.1 Å². The molecule has 3 heterocycles. The van der Waals surface area contributed by atoms with Crippen LogP contribution in [0.1, 0.15) is 18.4 Å². The van der Waals surface area contributed by atoms with Crippen LogP contribution in [-0.2, 0) is 16.4 Å². The highest BCUT2D eigenvalue weighted by molar-refractivity contribution is 7.92. The van der Waals surface area contributed by atoms with E-state index in [0.29, 0.717) is 48.4 Å². The lowest BCUT2D eigenvalue weighted by Gasteiger charge is -2.11. The van der Waals surface area contributed by atoms with Gasteiger partial charge < -0.3 is 20.4 Å². The summed E-state index contributed by atoms with van der Waals surface area (Å²) >= 11 is 0. The van der Waals surface area contributed by atoms with Gasteiger partial charge in [-0.05, 0) is 69.7 Å². The molecule has 0 bridgehead atoms. The van der Waals surface area contributed by atoms with Crippen LogP contribution in [0.25, 0.3) is 17.4 Å². The van der Waals surface area contributed by atoms with Gasteiger partial charge in [0.05, 0.1) is 12.0 Å². The van der Waals surface area contributed by atoms with Gasteiger partial charge in [-0.3, -0.25) is 4.72 Å². The maximum Gasteiger partial charge on any atom is 0.259 e. The smallest absolute Gasteiger partial charge is 0.259 e. The molecule has 35 heavy (non-hydrogen) atoms. The molecule has 13 heteroatoms. The molecule has 0 unspecified atom stereocenters. The first-order valence-corrected chi connectivity index (χ1v) is 12.9. The quantitative estimate of drug-likeness (QED) is 0.247. The summed E-state index contributed by atoms with van der Waals surface area (Å²) in [6.07, 6.45) is 3.67. The number of nitrogen functional groups attached to an aromatic ring is 1. The van der Waals surface area contributed by atoms with Crippen LogP contribution in [-0.4, -0.2) is 70.8 Å². The predicted molar refractivity (Wildman–Crippen MR) is 135 cm³/mol. The molecule has 1 aromatic carbocycles. The van der Waals surface area contributed by atoms with Crippen molar-refractivity contribution < 1.29 is 12.8 Å². The van der Waals surface area contributed by atoms with E-state index < -0.39 is 10.0 Å². The third kappa shape index (κ3) is 6.67. The Balaban J connectivity index is 1.29. The lowest BCUT2D eigenvalue weighted by atomic mass is 10.1. The lowest BCUT2D eigenvalue weighted by Crippen LogP contribution is -2.19. The molecule has 0 amide bonds. The van der Waals surface area contributed by atoms with Gasteiger partial charge in [0.2, 0.25) is 27.7 Å². The van der Waals surface area contributed by atoms with E-state index in [0.717, 1.165) is 18.5 Å². The van der Waals surface area contributed by atoms with Gasteiger partial charge in [-0.15, -0.1) is 5.10 Å². The lowest BCUT2D eigenvalue weighted by molar-refractivity contribution is 0.398. The van der Waals surface area contributed by atoms with E-state index in [1.165, 1.54) is 10.8 Å².